The van der Waals surface area contributed by atoms with Gasteiger partial charge in [0.15, 0.2) is 11.5 Å². The third kappa shape index (κ3) is 1.28. The van der Waals surface area contributed by atoms with Crippen LogP contribution in [0.25, 0.3) is 0 Å². The van der Waals surface area contributed by atoms with Crippen LogP contribution in [-0.4, -0.2) is 50.3 Å². The second-order valence-corrected chi connectivity index (χ2v) is 6.16. The normalized spacial score (nSPS) is 57.1. The van der Waals surface area contributed by atoms with Crippen molar-refractivity contribution in [1.82, 2.24) is 4.90 Å². The van der Waals surface area contributed by atoms with E-state index in [0.717, 1.165) is 0 Å². The molecule has 5 rings (SSSR count). The van der Waals surface area contributed by atoms with Crippen LogP contribution in [0.4, 0.5) is 0 Å². The number of likely N-dealkylation sites (N-methyl/N-ethyl adjacent to an activating group) is 1. The second kappa shape index (κ2) is 4.06. The number of piperidine rings is 1. The molecule has 1 saturated heterocycles. The van der Waals surface area contributed by atoms with Crippen molar-refractivity contribution in [2.75, 3.05) is 20.6 Å². The molecule has 4 heteroatoms. The number of aliphatic hydroxyl groups is 1. The molecular weight excluding hydrogens is 278 g/mol. The highest BCUT2D eigenvalue weighted by atomic mass is 16.5. The molecule has 5 atom stereocenters. The van der Waals surface area contributed by atoms with Gasteiger partial charge >= 0.3 is 0 Å². The summed E-state index contributed by atoms with van der Waals surface area (Å²) in [6, 6.07) is -3.26. The Labute approximate surface area is 144 Å². The van der Waals surface area contributed by atoms with Crippen molar-refractivity contribution in [1.29, 1.82) is 1.43 Å². The molecule has 2 heterocycles. The Hall–Kier alpha value is -1.52. The van der Waals surface area contributed by atoms with Gasteiger partial charge in [-0.3, -0.25) is 0 Å². The van der Waals surface area contributed by atoms with Gasteiger partial charge in [0.25, 0.3) is 0 Å². The molecule has 2 bridgehead atoms. The average Bonchev–Trinajstić information content (AvgIpc) is 2.95. The van der Waals surface area contributed by atoms with Crippen LogP contribution in [0.5, 0.6) is 11.5 Å². The molecule has 0 radical (unpaired) electrons. The summed E-state index contributed by atoms with van der Waals surface area (Å²) in [6.45, 7) is 0.215. The minimum Gasteiger partial charge on any atom is -0.493 e. The predicted octanol–water partition coefficient (Wildman–Crippen LogP) is 1.50. The summed E-state index contributed by atoms with van der Waals surface area (Å²) in [6.07, 6.45) is -2.59. The minimum absolute atomic E-state index is 0.0742. The number of benzene rings is 1. The van der Waals surface area contributed by atoms with Gasteiger partial charge in [0.2, 0.25) is 1.43 Å². The molecule has 1 aromatic carbocycles. The molecule has 1 spiro atoms. The zero-order chi connectivity index (χ0) is 23.6. The first-order valence-corrected chi connectivity index (χ1v) is 7.26. The van der Waals surface area contributed by atoms with Gasteiger partial charge in [-0.2, -0.15) is 0 Å². The molecule has 1 N–H and O–H groups in total. The first-order chi connectivity index (χ1) is 14.7. The zero-order valence-corrected chi connectivity index (χ0v) is 11.9. The van der Waals surface area contributed by atoms with Crippen LogP contribution >= 0.6 is 0 Å². The summed E-state index contributed by atoms with van der Waals surface area (Å²) in [7, 11) is -1.39. The van der Waals surface area contributed by atoms with Crippen LogP contribution in [0, 0.1) is 5.92 Å². The van der Waals surface area contributed by atoms with Gasteiger partial charge in [0.05, 0.1) is 15.3 Å². The van der Waals surface area contributed by atoms with Crippen LogP contribution in [0.3, 0.4) is 0 Å². The number of ether oxygens (including phenoxy) is 2. The maximum Gasteiger partial charge on any atom is 0.211 e. The lowest BCUT2D eigenvalue weighted by Gasteiger charge is -2.56. The maximum absolute atomic E-state index is 9.31. The van der Waals surface area contributed by atoms with Crippen LogP contribution in [0.15, 0.2) is 24.2 Å². The molecule has 0 saturated carbocycles. The van der Waals surface area contributed by atoms with E-state index < -0.39 is 60.8 Å². The molecule has 1 aromatic rings. The van der Waals surface area contributed by atoms with E-state index in [0.29, 0.717) is 0 Å². The van der Waals surface area contributed by atoms with Crippen LogP contribution in [-0.2, 0) is 11.8 Å². The molecule has 0 amide bonds. The van der Waals surface area contributed by atoms with Gasteiger partial charge < -0.3 is 19.5 Å². The second-order valence-electron chi connectivity index (χ2n) is 6.16. The lowest BCUT2D eigenvalue weighted by molar-refractivity contribution is -0.0453. The molecule has 1 fully saturated rings. The fraction of sp³-hybridized carbons (Fsp3) is 0.556. The lowest BCUT2D eigenvalue weighted by atomic mass is 9.53. The molecule has 2 aliphatic heterocycles. The Morgan fingerprint density at radius 1 is 1.64 bits per heavy atom. The number of aliphatic hydroxyl groups excluding tert-OH is 1. The fourth-order valence-electron chi connectivity index (χ4n) is 4.29. The largest absolute Gasteiger partial charge is 0.493 e. The number of hydrogen-bond donors (Lipinski definition) is 1. The fourth-order valence-corrected chi connectivity index (χ4v) is 4.29. The highest BCUT2D eigenvalue weighted by molar-refractivity contribution is 5.62. The lowest BCUT2D eigenvalue weighted by Crippen LogP contribution is -2.64. The summed E-state index contributed by atoms with van der Waals surface area (Å²) in [5, 5.41) is 4.79. The molecule has 4 nitrogen and oxygen atoms in total. The Kier molecular flexibility index (Phi) is 1.21. The third-order valence-corrected chi connectivity index (χ3v) is 5.25. The topological polar surface area (TPSA) is 41.9 Å². The molecular formula is C18H21NO3. The Morgan fingerprint density at radius 2 is 2.59 bits per heavy atom. The van der Waals surface area contributed by atoms with E-state index in [9.17, 15) is 2.74 Å². The smallest absolute Gasteiger partial charge is 0.211 e. The Bertz CT molecular complexity index is 1060. The zero-order valence-electron chi connectivity index (χ0n) is 21.9. The van der Waals surface area contributed by atoms with Gasteiger partial charge in [0.1, 0.15) is 12.2 Å². The summed E-state index contributed by atoms with van der Waals surface area (Å²) in [5.41, 5.74) is -1.61. The van der Waals surface area contributed by atoms with Gasteiger partial charge in [-0.05, 0) is 38.0 Å². The average molecular weight is 309 g/mol. The molecule has 116 valence electrons. The van der Waals surface area contributed by atoms with E-state index in [1.807, 2.05) is 0 Å². The molecule has 4 aliphatic rings. The minimum atomic E-state index is -2.99. The summed E-state index contributed by atoms with van der Waals surface area (Å²) in [4.78, 5) is 1.53. The number of rotatable bonds is 2. The number of hydrogen-bond acceptors (Lipinski definition) is 4. The summed E-state index contributed by atoms with van der Waals surface area (Å²) < 4.78 is 94.5. The summed E-state index contributed by atoms with van der Waals surface area (Å²) in [5.74, 6) is -1.80. The predicted molar refractivity (Wildman–Crippen MR) is 82.5 cm³/mol. The van der Waals surface area contributed by atoms with Crippen LogP contribution < -0.4 is 9.47 Å². The SMILES string of the molecule is [2H]OC1C=C[C@@H]2[C@@]34CCN(C)[C@]2([2H])C([2H])([2H])c2c([2H])c([2H])c(OC([2H])([2H])[2H])c(c23)OC14[2H]. The monoisotopic (exact) mass is 309 g/mol. The first kappa shape index (κ1) is 6.54. The Balaban J connectivity index is 1.96. The van der Waals surface area contributed by atoms with E-state index in [1.54, 1.807) is 13.1 Å². The van der Waals surface area contributed by atoms with Gasteiger partial charge in [-0.25, -0.2) is 0 Å². The van der Waals surface area contributed by atoms with Crippen LogP contribution in [0.2, 0.25) is 0 Å². The first-order valence-electron chi connectivity index (χ1n) is 12.2. The Morgan fingerprint density at radius 3 is 3.45 bits per heavy atom. The number of methoxy groups -OCH3 is 1. The van der Waals surface area contributed by atoms with E-state index in [2.05, 4.69) is 0 Å². The highest BCUT2D eigenvalue weighted by Gasteiger charge is 2.64. The molecule has 2 unspecified atom stereocenters. The van der Waals surface area contributed by atoms with Gasteiger partial charge in [-0.1, -0.05) is 18.2 Å². The van der Waals surface area contributed by atoms with Crippen molar-refractivity contribution >= 4 is 0 Å². The van der Waals surface area contributed by atoms with Crippen molar-refractivity contribution in [2.24, 2.45) is 5.92 Å². The van der Waals surface area contributed by atoms with E-state index in [-0.39, 0.29) is 29.8 Å². The van der Waals surface area contributed by atoms with Crippen molar-refractivity contribution < 1.29 is 26.9 Å². The van der Waals surface area contributed by atoms with E-state index in [1.165, 1.54) is 11.0 Å². The third-order valence-electron chi connectivity index (χ3n) is 5.25. The summed E-state index contributed by atoms with van der Waals surface area (Å²) >= 11 is 0. The van der Waals surface area contributed by atoms with Gasteiger partial charge in [0, 0.05) is 27.0 Å². The van der Waals surface area contributed by atoms with Crippen molar-refractivity contribution in [2.45, 2.75) is 36.4 Å². The molecule has 22 heavy (non-hydrogen) atoms. The van der Waals surface area contributed by atoms with E-state index >= 15 is 0 Å². The van der Waals surface area contributed by atoms with Crippen LogP contribution in [0.1, 0.15) is 29.9 Å². The van der Waals surface area contributed by atoms with Crippen molar-refractivity contribution in [3.05, 3.63) is 35.4 Å². The number of likely N-dealkylation sites (tertiary alicyclic amines) is 1. The van der Waals surface area contributed by atoms with Gasteiger partial charge in [-0.15, -0.1) is 0 Å². The maximum atomic E-state index is 9.31. The van der Waals surface area contributed by atoms with E-state index in [4.69, 9.17) is 25.6 Å². The quantitative estimate of drug-likeness (QED) is 0.841. The molecule has 2 aliphatic carbocycles. The van der Waals surface area contributed by atoms with Crippen molar-refractivity contribution in [3.63, 3.8) is 0 Å². The van der Waals surface area contributed by atoms with Crippen molar-refractivity contribution in [3.8, 4) is 11.5 Å². The number of nitrogens with zero attached hydrogens (tertiary/aromatic N) is 1. The molecule has 0 aromatic heterocycles. The highest BCUT2D eigenvalue weighted by Crippen LogP contribution is 2.62. The standard InChI is InChI=1S/C18H21NO3/c1-19-8-7-18-11-4-5-13(20)17(18)22-16-14(21-2)6-3-10(15(16)18)9-12(11)19/h3-6,11-13,17,20H,7-9H2,1-2H3/t11-,12+,13?,17?,18-/m0/s1/i2D3,3D,6D,9D2,12D,17D,20D.